The Bertz CT molecular complexity index is 149. The second kappa shape index (κ2) is 3.91. The molecule has 0 aliphatic heterocycles. The maximum atomic E-state index is 9.40. The zero-order valence-corrected chi connectivity index (χ0v) is 7.51. The van der Waals surface area contributed by atoms with E-state index >= 15 is 0 Å². The van der Waals surface area contributed by atoms with Gasteiger partial charge in [0.05, 0.1) is 6.10 Å². The van der Waals surface area contributed by atoms with E-state index in [-0.39, 0.29) is 6.10 Å². The lowest BCUT2D eigenvalue weighted by atomic mass is 9.83. The highest BCUT2D eigenvalue weighted by Crippen LogP contribution is 2.29. The third-order valence-electron chi connectivity index (χ3n) is 2.75. The molecule has 11 heavy (non-hydrogen) atoms. The molecular formula is C10H18O. The summed E-state index contributed by atoms with van der Waals surface area (Å²) in [5.74, 6) is 0.656. The Morgan fingerprint density at radius 1 is 1.45 bits per heavy atom. The number of hydrogen-bond donors (Lipinski definition) is 1. The first kappa shape index (κ1) is 8.79. The first-order valence-corrected chi connectivity index (χ1v) is 4.55. The topological polar surface area (TPSA) is 20.2 Å². The van der Waals surface area contributed by atoms with Crippen LogP contribution < -0.4 is 0 Å². The van der Waals surface area contributed by atoms with Crippen LogP contribution in [0, 0.1) is 5.92 Å². The average Bonchev–Trinajstić information content (AvgIpc) is 2.03. The fourth-order valence-electron chi connectivity index (χ4n) is 1.81. The van der Waals surface area contributed by atoms with Gasteiger partial charge in [0.15, 0.2) is 0 Å². The largest absolute Gasteiger partial charge is 0.393 e. The van der Waals surface area contributed by atoms with Gasteiger partial charge in [0.25, 0.3) is 0 Å². The summed E-state index contributed by atoms with van der Waals surface area (Å²) < 4.78 is 0. The van der Waals surface area contributed by atoms with Crippen LogP contribution in [0.15, 0.2) is 11.6 Å². The van der Waals surface area contributed by atoms with E-state index in [1.54, 1.807) is 0 Å². The summed E-state index contributed by atoms with van der Waals surface area (Å²) in [4.78, 5) is 0. The summed E-state index contributed by atoms with van der Waals surface area (Å²) in [6.45, 7) is 4.25. The van der Waals surface area contributed by atoms with Gasteiger partial charge in [-0.2, -0.15) is 0 Å². The second-order valence-electron chi connectivity index (χ2n) is 3.55. The van der Waals surface area contributed by atoms with Gasteiger partial charge in [0, 0.05) is 0 Å². The van der Waals surface area contributed by atoms with Crippen LogP contribution in [0.4, 0.5) is 0 Å². The molecule has 0 aromatic heterocycles. The Kier molecular flexibility index (Phi) is 3.13. The minimum atomic E-state index is -0.0383. The molecule has 1 aliphatic carbocycles. The number of allylic oxidation sites excluding steroid dienone is 2. The summed E-state index contributed by atoms with van der Waals surface area (Å²) >= 11 is 0. The van der Waals surface area contributed by atoms with Crippen molar-refractivity contribution in [2.75, 3.05) is 0 Å². The minimum Gasteiger partial charge on any atom is -0.393 e. The van der Waals surface area contributed by atoms with Gasteiger partial charge in [-0.05, 0) is 39.0 Å². The molecule has 2 atom stereocenters. The van der Waals surface area contributed by atoms with Crippen LogP contribution in [0.5, 0.6) is 0 Å². The molecule has 0 saturated heterocycles. The first-order valence-electron chi connectivity index (χ1n) is 4.55. The van der Waals surface area contributed by atoms with E-state index in [2.05, 4.69) is 19.9 Å². The van der Waals surface area contributed by atoms with E-state index in [1.807, 2.05) is 0 Å². The Morgan fingerprint density at radius 2 is 2.18 bits per heavy atom. The molecule has 0 radical (unpaired) electrons. The van der Waals surface area contributed by atoms with Crippen LogP contribution >= 0.6 is 0 Å². The number of aliphatic hydroxyl groups excluding tert-OH is 1. The molecule has 1 N–H and O–H groups in total. The third kappa shape index (κ3) is 2.33. The van der Waals surface area contributed by atoms with Crippen molar-refractivity contribution in [2.45, 2.75) is 45.6 Å². The van der Waals surface area contributed by atoms with E-state index in [0.29, 0.717) is 5.92 Å². The van der Waals surface area contributed by atoms with Gasteiger partial charge in [-0.1, -0.05) is 18.1 Å². The molecule has 0 bridgehead atoms. The molecule has 1 saturated carbocycles. The lowest BCUT2D eigenvalue weighted by Gasteiger charge is -2.26. The highest BCUT2D eigenvalue weighted by molar-refractivity contribution is 5.03. The molecule has 0 heterocycles. The maximum absolute atomic E-state index is 9.40. The van der Waals surface area contributed by atoms with Gasteiger partial charge in [-0.25, -0.2) is 0 Å². The van der Waals surface area contributed by atoms with Crippen molar-refractivity contribution in [3.63, 3.8) is 0 Å². The molecule has 0 amide bonds. The molecule has 0 aromatic rings. The highest BCUT2D eigenvalue weighted by Gasteiger charge is 2.20. The third-order valence-corrected chi connectivity index (χ3v) is 2.75. The van der Waals surface area contributed by atoms with Crippen molar-refractivity contribution >= 4 is 0 Å². The van der Waals surface area contributed by atoms with Gasteiger partial charge < -0.3 is 5.11 Å². The first-order chi connectivity index (χ1) is 5.24. The van der Waals surface area contributed by atoms with Gasteiger partial charge in [0.2, 0.25) is 0 Å². The van der Waals surface area contributed by atoms with Crippen LogP contribution in [0.3, 0.4) is 0 Å². The number of hydrogen-bond acceptors (Lipinski definition) is 1. The van der Waals surface area contributed by atoms with Crippen molar-refractivity contribution in [2.24, 2.45) is 5.92 Å². The lowest BCUT2D eigenvalue weighted by molar-refractivity contribution is 0.110. The smallest absolute Gasteiger partial charge is 0.0546 e. The van der Waals surface area contributed by atoms with E-state index < -0.39 is 0 Å². The van der Waals surface area contributed by atoms with Crippen molar-refractivity contribution in [1.82, 2.24) is 0 Å². The van der Waals surface area contributed by atoms with Gasteiger partial charge >= 0.3 is 0 Å². The summed E-state index contributed by atoms with van der Waals surface area (Å²) in [6, 6.07) is 0. The second-order valence-corrected chi connectivity index (χ2v) is 3.55. The van der Waals surface area contributed by atoms with Crippen LogP contribution in [0.25, 0.3) is 0 Å². The molecule has 2 unspecified atom stereocenters. The molecule has 1 fully saturated rings. The molecule has 64 valence electrons. The van der Waals surface area contributed by atoms with Gasteiger partial charge in [-0.3, -0.25) is 0 Å². The van der Waals surface area contributed by atoms with Crippen molar-refractivity contribution in [1.29, 1.82) is 0 Å². The summed E-state index contributed by atoms with van der Waals surface area (Å²) in [7, 11) is 0. The summed E-state index contributed by atoms with van der Waals surface area (Å²) in [5.41, 5.74) is 1.45. The lowest BCUT2D eigenvalue weighted by Crippen LogP contribution is -2.20. The van der Waals surface area contributed by atoms with E-state index in [1.165, 1.54) is 18.4 Å². The number of aliphatic hydroxyl groups is 1. The molecule has 0 spiro atoms. The van der Waals surface area contributed by atoms with E-state index in [9.17, 15) is 5.11 Å². The zero-order chi connectivity index (χ0) is 8.27. The number of rotatable bonds is 1. The molecule has 1 rings (SSSR count). The van der Waals surface area contributed by atoms with Gasteiger partial charge in [0.1, 0.15) is 0 Å². The molecular weight excluding hydrogens is 136 g/mol. The average molecular weight is 154 g/mol. The van der Waals surface area contributed by atoms with Gasteiger partial charge in [-0.15, -0.1) is 0 Å². The monoisotopic (exact) mass is 154 g/mol. The van der Waals surface area contributed by atoms with E-state index in [4.69, 9.17) is 0 Å². The SMILES string of the molecule is CC=C(C)C1CCCC(O)C1. The quantitative estimate of drug-likeness (QED) is 0.575. The molecule has 0 aromatic carbocycles. The Hall–Kier alpha value is -0.300. The summed E-state index contributed by atoms with van der Waals surface area (Å²) in [5, 5.41) is 9.40. The van der Waals surface area contributed by atoms with Crippen molar-refractivity contribution < 1.29 is 5.11 Å². The Morgan fingerprint density at radius 3 is 2.73 bits per heavy atom. The zero-order valence-electron chi connectivity index (χ0n) is 7.51. The van der Waals surface area contributed by atoms with Crippen LogP contribution in [-0.4, -0.2) is 11.2 Å². The van der Waals surface area contributed by atoms with Crippen LogP contribution in [-0.2, 0) is 0 Å². The van der Waals surface area contributed by atoms with Crippen molar-refractivity contribution in [3.8, 4) is 0 Å². The standard InChI is InChI=1S/C10H18O/c1-3-8(2)9-5-4-6-10(11)7-9/h3,9-11H,4-7H2,1-2H3. The molecule has 1 heteroatoms. The van der Waals surface area contributed by atoms with Crippen LogP contribution in [0.2, 0.25) is 0 Å². The Balaban J connectivity index is 2.46. The predicted octanol–water partition coefficient (Wildman–Crippen LogP) is 2.50. The van der Waals surface area contributed by atoms with Crippen LogP contribution in [0.1, 0.15) is 39.5 Å². The normalized spacial score (nSPS) is 33.9. The minimum absolute atomic E-state index is 0.0383. The predicted molar refractivity (Wildman–Crippen MR) is 47.4 cm³/mol. The summed E-state index contributed by atoms with van der Waals surface area (Å²) in [6.07, 6.45) is 6.58. The molecule has 1 aliphatic rings. The van der Waals surface area contributed by atoms with E-state index in [0.717, 1.165) is 12.8 Å². The maximum Gasteiger partial charge on any atom is 0.0546 e. The fraction of sp³-hybridized carbons (Fsp3) is 0.800. The Labute approximate surface area is 69.1 Å². The highest BCUT2D eigenvalue weighted by atomic mass is 16.3. The van der Waals surface area contributed by atoms with Crippen molar-refractivity contribution in [3.05, 3.63) is 11.6 Å². The fourth-order valence-corrected chi connectivity index (χ4v) is 1.81. The molecule has 1 nitrogen and oxygen atoms in total.